The third-order valence-corrected chi connectivity index (χ3v) is 7.06. The number of benzene rings is 2. The molecule has 0 radical (unpaired) electrons. The largest absolute Gasteiger partial charge is 0.417 e. The average Bonchev–Trinajstić information content (AvgIpc) is 2.94. The summed E-state index contributed by atoms with van der Waals surface area (Å²) in [4.78, 5) is 15.5. The van der Waals surface area contributed by atoms with Crippen LogP contribution in [0.4, 0.5) is 13.2 Å². The van der Waals surface area contributed by atoms with Gasteiger partial charge in [0.1, 0.15) is 0 Å². The molecule has 4 rings (SSSR count). The number of amides is 1. The smallest absolute Gasteiger partial charge is 0.343 e. The van der Waals surface area contributed by atoms with Crippen molar-refractivity contribution in [2.75, 3.05) is 13.6 Å². The molecule has 30 heavy (non-hydrogen) atoms. The summed E-state index contributed by atoms with van der Waals surface area (Å²) in [5.74, 6) is -0.0132. The maximum atomic E-state index is 13.3. The topological polar surface area (TPSA) is 32.3 Å². The lowest BCUT2D eigenvalue weighted by Crippen LogP contribution is -2.53. The van der Waals surface area contributed by atoms with E-state index < -0.39 is 22.7 Å². The van der Waals surface area contributed by atoms with Crippen LogP contribution >= 0.6 is 11.6 Å². The monoisotopic (exact) mass is 436 g/mol. The zero-order valence-electron chi connectivity index (χ0n) is 16.7. The van der Waals surface area contributed by atoms with E-state index in [-0.39, 0.29) is 17.1 Å². The Morgan fingerprint density at radius 3 is 2.63 bits per heavy atom. The molecular formula is C23H24ClF3N2O. The van der Waals surface area contributed by atoms with Crippen molar-refractivity contribution in [2.45, 2.75) is 43.4 Å². The van der Waals surface area contributed by atoms with Gasteiger partial charge in [-0.2, -0.15) is 13.2 Å². The molecule has 2 aromatic carbocycles. The van der Waals surface area contributed by atoms with Crippen molar-refractivity contribution in [1.29, 1.82) is 0 Å². The molecule has 3 nitrogen and oxygen atoms in total. The Bertz CT molecular complexity index is 934. The van der Waals surface area contributed by atoms with Gasteiger partial charge < -0.3 is 5.32 Å². The molecule has 1 heterocycles. The standard InChI is InChI=1S/C23H24ClF3N2O/c1-29-14-15-7-6-12-22(29,13-15)20(16-8-3-2-4-9-16)28-21(30)17-10-5-11-18(19(17)24)23(25,26)27/h2-5,8-11,15,20H,6-7,12-14H2,1H3,(H,28,30). The average molecular weight is 437 g/mol. The summed E-state index contributed by atoms with van der Waals surface area (Å²) in [6, 6.07) is 12.8. The molecule has 1 aliphatic carbocycles. The van der Waals surface area contributed by atoms with Gasteiger partial charge >= 0.3 is 6.18 Å². The summed E-state index contributed by atoms with van der Waals surface area (Å²) >= 11 is 6.02. The highest BCUT2D eigenvalue weighted by Crippen LogP contribution is 2.50. The van der Waals surface area contributed by atoms with E-state index in [2.05, 4.69) is 17.3 Å². The molecule has 3 unspecified atom stereocenters. The number of alkyl halides is 3. The Balaban J connectivity index is 1.71. The molecule has 2 aliphatic rings. The first-order chi connectivity index (χ1) is 14.2. The first kappa shape index (κ1) is 21.2. The summed E-state index contributed by atoms with van der Waals surface area (Å²) in [6.07, 6.45) is -0.498. The Kier molecular flexibility index (Phi) is 5.58. The van der Waals surface area contributed by atoms with Crippen LogP contribution in [0, 0.1) is 5.92 Å². The predicted octanol–water partition coefficient (Wildman–Crippen LogP) is 5.70. The number of nitrogens with one attached hydrogen (secondary N) is 1. The predicted molar refractivity (Wildman–Crippen MR) is 110 cm³/mol. The lowest BCUT2D eigenvalue weighted by Gasteiger charge is -2.45. The number of nitrogens with zero attached hydrogens (tertiary/aromatic N) is 1. The molecule has 0 aromatic heterocycles. The molecular weight excluding hydrogens is 413 g/mol. The number of halogens is 4. The summed E-state index contributed by atoms with van der Waals surface area (Å²) in [7, 11) is 2.07. The number of hydrogen-bond acceptors (Lipinski definition) is 2. The summed E-state index contributed by atoms with van der Waals surface area (Å²) in [5, 5.41) is 2.49. The molecule has 2 aromatic rings. The van der Waals surface area contributed by atoms with E-state index in [1.165, 1.54) is 18.6 Å². The molecule has 1 saturated heterocycles. The number of carbonyl (C=O) groups is 1. The molecule has 160 valence electrons. The van der Waals surface area contributed by atoms with Gasteiger partial charge in [-0.15, -0.1) is 0 Å². The van der Waals surface area contributed by atoms with Crippen LogP contribution in [0.25, 0.3) is 0 Å². The van der Waals surface area contributed by atoms with Crippen LogP contribution in [0.3, 0.4) is 0 Å². The maximum absolute atomic E-state index is 13.3. The maximum Gasteiger partial charge on any atom is 0.417 e. The number of hydrogen-bond donors (Lipinski definition) is 1. The minimum atomic E-state index is -4.62. The van der Waals surface area contributed by atoms with E-state index in [4.69, 9.17) is 11.6 Å². The molecule has 1 aliphatic heterocycles. The van der Waals surface area contributed by atoms with Crippen molar-refractivity contribution in [1.82, 2.24) is 10.2 Å². The second kappa shape index (κ2) is 7.89. The van der Waals surface area contributed by atoms with Crippen molar-refractivity contribution in [3.05, 3.63) is 70.2 Å². The third kappa shape index (κ3) is 3.71. The van der Waals surface area contributed by atoms with Crippen molar-refractivity contribution in [3.63, 3.8) is 0 Å². The number of likely N-dealkylation sites (N-methyl/N-ethyl adjacent to an activating group) is 1. The molecule has 1 N–H and O–H groups in total. The molecule has 3 atom stereocenters. The quantitative estimate of drug-likeness (QED) is 0.666. The van der Waals surface area contributed by atoms with Gasteiger partial charge in [0.25, 0.3) is 5.91 Å². The molecule has 2 fully saturated rings. The van der Waals surface area contributed by atoms with Crippen LogP contribution in [0.2, 0.25) is 5.02 Å². The minimum absolute atomic E-state index is 0.156. The van der Waals surface area contributed by atoms with Gasteiger partial charge in [-0.25, -0.2) is 0 Å². The highest BCUT2D eigenvalue weighted by Gasteiger charge is 2.52. The van der Waals surface area contributed by atoms with E-state index in [0.29, 0.717) is 5.92 Å². The van der Waals surface area contributed by atoms with Gasteiger partial charge in [-0.05, 0) is 49.9 Å². The van der Waals surface area contributed by atoms with E-state index in [1.807, 2.05) is 30.3 Å². The van der Waals surface area contributed by atoms with Gasteiger partial charge in [-0.3, -0.25) is 9.69 Å². The van der Waals surface area contributed by atoms with E-state index in [9.17, 15) is 18.0 Å². The van der Waals surface area contributed by atoms with Crippen molar-refractivity contribution >= 4 is 17.5 Å². The fourth-order valence-electron chi connectivity index (χ4n) is 5.26. The third-order valence-electron chi connectivity index (χ3n) is 6.65. The zero-order valence-corrected chi connectivity index (χ0v) is 17.4. The van der Waals surface area contributed by atoms with Crippen molar-refractivity contribution in [3.8, 4) is 0 Å². The van der Waals surface area contributed by atoms with Crippen LogP contribution in [0.5, 0.6) is 0 Å². The van der Waals surface area contributed by atoms with Gasteiger partial charge in [0.05, 0.1) is 22.2 Å². The normalized spacial score (nSPS) is 25.2. The van der Waals surface area contributed by atoms with Crippen molar-refractivity contribution in [2.24, 2.45) is 5.92 Å². The molecule has 1 saturated carbocycles. The van der Waals surface area contributed by atoms with Crippen LogP contribution in [-0.4, -0.2) is 29.9 Å². The van der Waals surface area contributed by atoms with E-state index >= 15 is 0 Å². The number of likely N-dealkylation sites (tertiary alicyclic amines) is 1. The zero-order chi connectivity index (χ0) is 21.5. The van der Waals surface area contributed by atoms with Crippen LogP contribution < -0.4 is 5.32 Å². The van der Waals surface area contributed by atoms with Gasteiger partial charge in [0.15, 0.2) is 0 Å². The van der Waals surface area contributed by atoms with Crippen LogP contribution in [0.1, 0.15) is 53.2 Å². The van der Waals surface area contributed by atoms with E-state index in [0.717, 1.165) is 37.4 Å². The van der Waals surface area contributed by atoms with Crippen molar-refractivity contribution < 1.29 is 18.0 Å². The Morgan fingerprint density at radius 2 is 1.93 bits per heavy atom. The highest BCUT2D eigenvalue weighted by atomic mass is 35.5. The molecule has 0 spiro atoms. The lowest BCUT2D eigenvalue weighted by molar-refractivity contribution is -0.137. The summed E-state index contributed by atoms with van der Waals surface area (Å²) in [6.45, 7) is 0.962. The summed E-state index contributed by atoms with van der Waals surface area (Å²) in [5.41, 5.74) is -0.462. The molecule has 2 bridgehead atoms. The minimum Gasteiger partial charge on any atom is -0.343 e. The number of rotatable bonds is 4. The Hall–Kier alpha value is -2.05. The second-order valence-corrected chi connectivity index (χ2v) is 8.81. The fraction of sp³-hybridized carbons (Fsp3) is 0.435. The molecule has 1 amide bonds. The fourth-order valence-corrected chi connectivity index (χ4v) is 5.58. The first-order valence-electron chi connectivity index (χ1n) is 10.1. The molecule has 7 heteroatoms. The van der Waals surface area contributed by atoms with Crippen LogP contribution in [0.15, 0.2) is 48.5 Å². The second-order valence-electron chi connectivity index (χ2n) is 8.43. The SMILES string of the molecule is CN1CC2CCCC1(C(NC(=O)c1cccc(C(F)(F)F)c1Cl)c1ccccc1)C2. The number of carbonyl (C=O) groups excluding carboxylic acids is 1. The van der Waals surface area contributed by atoms with E-state index in [1.54, 1.807) is 0 Å². The van der Waals surface area contributed by atoms with Gasteiger partial charge in [0.2, 0.25) is 0 Å². The number of fused-ring (bicyclic) bond motifs is 2. The van der Waals surface area contributed by atoms with Gasteiger partial charge in [-0.1, -0.05) is 54.4 Å². The Labute approximate surface area is 179 Å². The summed E-state index contributed by atoms with van der Waals surface area (Å²) < 4.78 is 39.8. The highest BCUT2D eigenvalue weighted by molar-refractivity contribution is 6.34. The first-order valence-corrected chi connectivity index (χ1v) is 10.5. The van der Waals surface area contributed by atoms with Crippen LogP contribution in [-0.2, 0) is 6.18 Å². The van der Waals surface area contributed by atoms with Gasteiger partial charge in [0, 0.05) is 12.1 Å². The Morgan fingerprint density at radius 1 is 1.20 bits per heavy atom. The lowest BCUT2D eigenvalue weighted by atomic mass is 9.73.